The van der Waals surface area contributed by atoms with Crippen LogP contribution in [0.15, 0.2) is 59.6 Å². The first-order valence-corrected chi connectivity index (χ1v) is 12.0. The van der Waals surface area contributed by atoms with Crippen LogP contribution in [0.2, 0.25) is 0 Å². The van der Waals surface area contributed by atoms with E-state index in [1.54, 1.807) is 23.0 Å². The van der Waals surface area contributed by atoms with Gasteiger partial charge in [0.1, 0.15) is 17.3 Å². The van der Waals surface area contributed by atoms with Crippen LogP contribution < -0.4 is 4.72 Å². The van der Waals surface area contributed by atoms with Crippen LogP contribution in [-0.4, -0.2) is 53.4 Å². The van der Waals surface area contributed by atoms with Gasteiger partial charge in [0.15, 0.2) is 0 Å². The van der Waals surface area contributed by atoms with Gasteiger partial charge in [0.25, 0.3) is 0 Å². The maximum atomic E-state index is 13.4. The van der Waals surface area contributed by atoms with Crippen molar-refractivity contribution in [2.24, 2.45) is 0 Å². The lowest BCUT2D eigenvalue weighted by molar-refractivity contribution is -0.0891. The Hall–Kier alpha value is -2.73. The molecule has 33 heavy (non-hydrogen) atoms. The van der Waals surface area contributed by atoms with Crippen molar-refractivity contribution >= 4 is 10.0 Å². The van der Waals surface area contributed by atoms with Crippen LogP contribution in [0.25, 0.3) is 11.3 Å². The van der Waals surface area contributed by atoms with Crippen molar-refractivity contribution in [3.05, 3.63) is 66.4 Å². The summed E-state index contributed by atoms with van der Waals surface area (Å²) in [4.78, 5) is -0.0528. The Bertz CT molecular complexity index is 1190. The van der Waals surface area contributed by atoms with E-state index < -0.39 is 28.0 Å². The molecular formula is C22H24F2N4O4S. The van der Waals surface area contributed by atoms with Gasteiger partial charge in [0.05, 0.1) is 35.9 Å². The van der Waals surface area contributed by atoms with Gasteiger partial charge in [-0.3, -0.25) is 4.68 Å². The third kappa shape index (κ3) is 5.80. The second-order valence-electron chi connectivity index (χ2n) is 7.90. The minimum atomic E-state index is -3.88. The quantitative estimate of drug-likeness (QED) is 0.515. The maximum absolute atomic E-state index is 13.4. The average molecular weight is 479 g/mol. The normalized spacial score (nSPS) is 21.2. The van der Waals surface area contributed by atoms with Crippen LogP contribution in [0.4, 0.5) is 8.78 Å². The molecule has 1 saturated heterocycles. The number of benzene rings is 2. The molecule has 0 aliphatic carbocycles. The largest absolute Gasteiger partial charge is 0.394 e. The molecule has 1 aliphatic heterocycles. The van der Waals surface area contributed by atoms with E-state index in [9.17, 15) is 22.3 Å². The number of aliphatic hydroxyl groups excluding tert-OH is 1. The summed E-state index contributed by atoms with van der Waals surface area (Å²) >= 11 is 0. The SMILES string of the molecule is O=S(=O)(N[C@H]1CC[C@H](CCn2cc(-c3cccc(F)c3)nn2)O[C@H]1CO)c1ccc(F)cc1. The number of aromatic nitrogens is 3. The molecule has 2 aromatic carbocycles. The van der Waals surface area contributed by atoms with E-state index >= 15 is 0 Å². The predicted octanol–water partition coefficient (Wildman–Crippen LogP) is 2.50. The number of aliphatic hydroxyl groups is 1. The number of nitrogens with zero attached hydrogens (tertiary/aromatic N) is 3. The molecule has 0 amide bonds. The van der Waals surface area contributed by atoms with E-state index in [1.807, 2.05) is 0 Å². The topological polar surface area (TPSA) is 106 Å². The molecular weight excluding hydrogens is 454 g/mol. The summed E-state index contributed by atoms with van der Waals surface area (Å²) in [5.74, 6) is -0.876. The van der Waals surface area contributed by atoms with E-state index in [1.165, 1.54) is 24.3 Å². The van der Waals surface area contributed by atoms with Gasteiger partial charge >= 0.3 is 0 Å². The van der Waals surface area contributed by atoms with Crippen LogP contribution >= 0.6 is 0 Å². The smallest absolute Gasteiger partial charge is 0.240 e. The van der Waals surface area contributed by atoms with Crippen LogP contribution in [0.3, 0.4) is 0 Å². The van der Waals surface area contributed by atoms with Crippen molar-refractivity contribution in [2.75, 3.05) is 6.61 Å². The number of hydrogen-bond acceptors (Lipinski definition) is 6. The third-order valence-corrected chi connectivity index (χ3v) is 7.07. The molecule has 0 bridgehead atoms. The number of ether oxygens (including phenoxy) is 1. The lowest BCUT2D eigenvalue weighted by Crippen LogP contribution is -2.50. The highest BCUT2D eigenvalue weighted by Gasteiger charge is 2.34. The summed E-state index contributed by atoms with van der Waals surface area (Å²) in [6.07, 6.45) is 2.45. The van der Waals surface area contributed by atoms with E-state index in [0.717, 1.165) is 12.1 Å². The minimum Gasteiger partial charge on any atom is -0.394 e. The molecule has 2 heterocycles. The Kier molecular flexibility index (Phi) is 7.13. The fourth-order valence-corrected chi connectivity index (χ4v) is 5.12. The number of rotatable bonds is 8. The number of nitrogens with one attached hydrogen (secondary N) is 1. The third-order valence-electron chi connectivity index (χ3n) is 5.57. The second kappa shape index (κ2) is 10.0. The number of sulfonamides is 1. The predicted molar refractivity (Wildman–Crippen MR) is 116 cm³/mol. The van der Waals surface area contributed by atoms with Crippen molar-refractivity contribution in [2.45, 2.75) is 49.0 Å². The van der Waals surface area contributed by atoms with Gasteiger partial charge in [-0.2, -0.15) is 0 Å². The summed E-state index contributed by atoms with van der Waals surface area (Å²) in [6, 6.07) is 10.0. The first kappa shape index (κ1) is 23.4. The molecule has 3 aromatic rings. The van der Waals surface area contributed by atoms with Crippen molar-refractivity contribution < 1.29 is 27.0 Å². The van der Waals surface area contributed by atoms with Gasteiger partial charge in [-0.05, 0) is 55.7 Å². The molecule has 2 N–H and O–H groups in total. The Labute approximate surface area is 190 Å². The minimum absolute atomic E-state index is 0.0528. The van der Waals surface area contributed by atoms with Crippen molar-refractivity contribution in [3.8, 4) is 11.3 Å². The second-order valence-corrected chi connectivity index (χ2v) is 9.62. The van der Waals surface area contributed by atoms with Crippen LogP contribution in [0, 0.1) is 11.6 Å². The van der Waals surface area contributed by atoms with Gasteiger partial charge < -0.3 is 9.84 Å². The maximum Gasteiger partial charge on any atom is 0.240 e. The van der Waals surface area contributed by atoms with Gasteiger partial charge in [-0.25, -0.2) is 21.9 Å². The van der Waals surface area contributed by atoms with Crippen LogP contribution in [0.5, 0.6) is 0 Å². The first-order valence-electron chi connectivity index (χ1n) is 10.5. The lowest BCUT2D eigenvalue weighted by Gasteiger charge is -2.36. The van der Waals surface area contributed by atoms with Gasteiger partial charge in [0.2, 0.25) is 10.0 Å². The molecule has 3 atom stereocenters. The molecule has 0 radical (unpaired) electrons. The van der Waals surface area contributed by atoms with E-state index in [0.29, 0.717) is 37.1 Å². The average Bonchev–Trinajstić information content (AvgIpc) is 3.28. The van der Waals surface area contributed by atoms with E-state index in [2.05, 4.69) is 15.0 Å². The number of halogens is 2. The monoisotopic (exact) mass is 478 g/mol. The lowest BCUT2D eigenvalue weighted by atomic mass is 9.98. The summed E-state index contributed by atoms with van der Waals surface area (Å²) in [6.45, 7) is 0.150. The fraction of sp³-hybridized carbons (Fsp3) is 0.364. The molecule has 11 heteroatoms. The Morgan fingerprint density at radius 2 is 1.91 bits per heavy atom. The van der Waals surface area contributed by atoms with Crippen LogP contribution in [-0.2, 0) is 21.3 Å². The molecule has 1 aliphatic rings. The zero-order valence-corrected chi connectivity index (χ0v) is 18.5. The molecule has 0 unspecified atom stereocenters. The van der Waals surface area contributed by atoms with Crippen molar-refractivity contribution in [3.63, 3.8) is 0 Å². The fourth-order valence-electron chi connectivity index (χ4n) is 3.82. The van der Waals surface area contributed by atoms with E-state index in [4.69, 9.17) is 4.74 Å². The first-order chi connectivity index (χ1) is 15.8. The van der Waals surface area contributed by atoms with Gasteiger partial charge in [-0.15, -0.1) is 5.10 Å². The Balaban J connectivity index is 1.33. The summed E-state index contributed by atoms with van der Waals surface area (Å²) < 4.78 is 61.8. The number of hydrogen-bond donors (Lipinski definition) is 2. The summed E-state index contributed by atoms with van der Waals surface area (Å²) in [7, 11) is -3.88. The molecule has 176 valence electrons. The Morgan fingerprint density at radius 1 is 1.12 bits per heavy atom. The Morgan fingerprint density at radius 3 is 2.64 bits per heavy atom. The highest BCUT2D eigenvalue weighted by atomic mass is 32.2. The summed E-state index contributed by atoms with van der Waals surface area (Å²) in [5, 5.41) is 17.9. The summed E-state index contributed by atoms with van der Waals surface area (Å²) in [5.41, 5.74) is 1.19. The zero-order valence-electron chi connectivity index (χ0n) is 17.6. The highest BCUT2D eigenvalue weighted by Crippen LogP contribution is 2.24. The van der Waals surface area contributed by atoms with Gasteiger partial charge in [0, 0.05) is 12.1 Å². The molecule has 1 fully saturated rings. The zero-order chi connectivity index (χ0) is 23.4. The standard InChI is InChI=1S/C22H24F2N4O4S/c23-16-4-7-19(8-5-16)33(30,31)26-20-9-6-18(32-22(20)14-29)10-11-28-13-21(25-27-28)15-2-1-3-17(24)12-15/h1-5,7-8,12-13,18,20,22,26,29H,6,9-11,14H2/t18-,20+,22+/m1/s1. The van der Waals surface area contributed by atoms with E-state index in [-0.39, 0.29) is 23.4 Å². The van der Waals surface area contributed by atoms with Gasteiger partial charge in [-0.1, -0.05) is 17.3 Å². The number of aryl methyl sites for hydroxylation is 1. The molecule has 8 nitrogen and oxygen atoms in total. The molecule has 4 rings (SSSR count). The van der Waals surface area contributed by atoms with Crippen molar-refractivity contribution in [1.29, 1.82) is 0 Å². The van der Waals surface area contributed by atoms with Crippen molar-refractivity contribution in [1.82, 2.24) is 19.7 Å². The van der Waals surface area contributed by atoms with Crippen LogP contribution in [0.1, 0.15) is 19.3 Å². The molecule has 1 aromatic heterocycles. The molecule has 0 spiro atoms. The molecule has 0 saturated carbocycles. The highest BCUT2D eigenvalue weighted by molar-refractivity contribution is 7.89.